The van der Waals surface area contributed by atoms with Crippen LogP contribution in [-0.4, -0.2) is 83.0 Å². The maximum atomic E-state index is 14.6. The lowest BCUT2D eigenvalue weighted by Crippen LogP contribution is -2.47. The Hall–Kier alpha value is -5.80. The highest BCUT2D eigenvalue weighted by molar-refractivity contribution is 6.33. The first kappa shape index (κ1) is 37.8. The van der Waals surface area contributed by atoms with Gasteiger partial charge in [0.15, 0.2) is 11.5 Å². The third-order valence-electron chi connectivity index (χ3n) is 12.3. The van der Waals surface area contributed by atoms with Gasteiger partial charge in [0.05, 0.1) is 51.0 Å². The van der Waals surface area contributed by atoms with Crippen LogP contribution in [0.25, 0.3) is 11.4 Å². The van der Waals surface area contributed by atoms with Crippen LogP contribution in [-0.2, 0) is 32.6 Å². The summed E-state index contributed by atoms with van der Waals surface area (Å²) >= 11 is 6.17. The minimum Gasteiger partial charge on any atom is -0.505 e. The van der Waals surface area contributed by atoms with Gasteiger partial charge in [-0.05, 0) is 80.9 Å². The highest BCUT2D eigenvalue weighted by Gasteiger charge is 2.72. The van der Waals surface area contributed by atoms with Crippen molar-refractivity contribution in [3.8, 4) is 11.8 Å². The fraction of sp³-hybridized carbons (Fsp3) is 0.436. The molecule has 3 aromatic heterocycles. The second-order valence-electron chi connectivity index (χ2n) is 15.6. The van der Waals surface area contributed by atoms with E-state index in [1.54, 1.807) is 11.8 Å². The molecule has 9 rings (SSSR count). The second-order valence-corrected chi connectivity index (χ2v) is 16.0. The number of nitrogens with zero attached hydrogens (tertiary/aromatic N) is 8. The Morgan fingerprint density at radius 2 is 1.91 bits per heavy atom. The van der Waals surface area contributed by atoms with Gasteiger partial charge in [0.1, 0.15) is 17.9 Å². The molecule has 4 aromatic rings. The van der Waals surface area contributed by atoms with Gasteiger partial charge >= 0.3 is 6.18 Å². The Labute approximate surface area is 332 Å². The average molecular weight is 818 g/mol. The van der Waals surface area contributed by atoms with E-state index in [1.807, 2.05) is 6.08 Å². The number of anilines is 1. The van der Waals surface area contributed by atoms with Gasteiger partial charge in [-0.1, -0.05) is 17.7 Å². The van der Waals surface area contributed by atoms with E-state index in [0.29, 0.717) is 43.3 Å². The summed E-state index contributed by atoms with van der Waals surface area (Å²) in [7, 11) is 0. The van der Waals surface area contributed by atoms with Gasteiger partial charge in [0.2, 0.25) is 17.6 Å². The molecule has 2 saturated carbocycles. The van der Waals surface area contributed by atoms with Gasteiger partial charge in [-0.25, -0.2) is 4.98 Å². The molecule has 0 bridgehead atoms. The number of nitrogens with one attached hydrogen (secondary N) is 1. The molecule has 1 spiro atoms. The number of carbonyl (C=O) groups excluding carboxylic acids is 3. The van der Waals surface area contributed by atoms with Crippen LogP contribution in [0, 0.1) is 28.6 Å². The first-order valence-corrected chi connectivity index (χ1v) is 19.2. The van der Waals surface area contributed by atoms with Crippen LogP contribution in [0.2, 0.25) is 5.02 Å². The Bertz CT molecular complexity index is 2580. The SMILES string of the molecule is C[C@H]1OC2(CCN(C(=O)c3ncccc3O)CC2)c2c1n(CC(=O)Nc1ccc(C(F)(F)F)cc1Cl)c1nc(C3=CCN(C(=O)C45CC(C#N)C4C5)CC3)nn1c2=O. The van der Waals surface area contributed by atoms with Gasteiger partial charge in [-0.3, -0.25) is 19.2 Å². The zero-order chi connectivity index (χ0) is 40.9. The summed E-state index contributed by atoms with van der Waals surface area (Å²) in [6, 6.07) is 7.73. The molecule has 3 unspecified atom stereocenters. The Morgan fingerprint density at radius 3 is 2.57 bits per heavy atom. The predicted molar refractivity (Wildman–Crippen MR) is 198 cm³/mol. The molecule has 5 aliphatic rings. The van der Waals surface area contributed by atoms with Crippen LogP contribution in [0.1, 0.15) is 78.3 Å². The topological polar surface area (TPSA) is 188 Å². The first-order valence-electron chi connectivity index (χ1n) is 18.8. The summed E-state index contributed by atoms with van der Waals surface area (Å²) in [5.74, 6) is -1.09. The van der Waals surface area contributed by atoms with E-state index in [4.69, 9.17) is 21.3 Å². The number of hydrogen-bond acceptors (Lipinski definition) is 10. The number of fused-ring (bicyclic) bond motifs is 4. The number of benzene rings is 1. The third kappa shape index (κ3) is 5.93. The van der Waals surface area contributed by atoms with Crippen LogP contribution >= 0.6 is 11.6 Å². The zero-order valence-electron chi connectivity index (χ0n) is 30.9. The van der Waals surface area contributed by atoms with E-state index in [2.05, 4.69) is 21.5 Å². The van der Waals surface area contributed by atoms with Crippen molar-refractivity contribution in [2.45, 2.75) is 63.5 Å². The number of halogens is 4. The number of aromatic nitrogens is 5. The Kier molecular flexibility index (Phi) is 8.71. The molecule has 2 aliphatic carbocycles. The van der Waals surface area contributed by atoms with Crippen molar-refractivity contribution < 1.29 is 37.4 Å². The summed E-state index contributed by atoms with van der Waals surface area (Å²) in [6.45, 7) is 2.26. The normalized spacial score (nSPS) is 24.4. The molecule has 2 N–H and O–H groups in total. The first-order chi connectivity index (χ1) is 27.6. The van der Waals surface area contributed by atoms with Crippen molar-refractivity contribution in [3.63, 3.8) is 0 Å². The van der Waals surface area contributed by atoms with Gasteiger partial charge in [-0.2, -0.15) is 27.9 Å². The third-order valence-corrected chi connectivity index (χ3v) is 12.6. The number of alkyl halides is 3. The number of piperidine rings is 1. The molecule has 3 fully saturated rings. The van der Waals surface area contributed by atoms with E-state index >= 15 is 0 Å². The van der Waals surface area contributed by atoms with Crippen LogP contribution < -0.4 is 10.9 Å². The van der Waals surface area contributed by atoms with E-state index < -0.39 is 52.8 Å². The van der Waals surface area contributed by atoms with E-state index in [1.165, 1.54) is 27.8 Å². The molecule has 19 heteroatoms. The molecule has 6 heterocycles. The van der Waals surface area contributed by atoms with Crippen molar-refractivity contribution >= 4 is 46.4 Å². The molecular weight excluding hydrogens is 783 g/mol. The molecule has 3 aliphatic heterocycles. The Balaban J connectivity index is 1.05. The van der Waals surface area contributed by atoms with E-state index in [-0.39, 0.29) is 83.0 Å². The van der Waals surface area contributed by atoms with Gasteiger partial charge in [0.25, 0.3) is 11.5 Å². The van der Waals surface area contributed by atoms with Gasteiger partial charge in [0, 0.05) is 32.4 Å². The molecule has 1 saturated heterocycles. The summed E-state index contributed by atoms with van der Waals surface area (Å²) in [5.41, 5.74) is -2.00. The van der Waals surface area contributed by atoms with Gasteiger partial charge < -0.3 is 29.5 Å². The van der Waals surface area contributed by atoms with Crippen molar-refractivity contribution in [2.24, 2.45) is 17.3 Å². The molecule has 3 amide bonds. The number of rotatable bonds is 6. The standard InChI is InChI=1S/C39H35ClF3N9O6/c1-20-31-29(38(58-20)8-13-49(14-9-38)34(56)30-27(53)3-2-10-45-30)33(55)52-36(51(31)19-28(54)46-26-5-4-23(15-25(26)40)39(41,42)43)47-32(48-52)21-6-11-50(12-7-21)35(57)37-16-22(18-44)24(37)17-37/h2-6,10,15,20,22,24,53H,7-9,11-14,16-17,19H2,1H3,(H,46,54)/t20-,22?,24?,37?/m1/s1. The molecular formula is C39H35ClF3N9O6. The second kappa shape index (κ2) is 13.4. The maximum absolute atomic E-state index is 14.6. The fourth-order valence-electron chi connectivity index (χ4n) is 9.26. The number of nitriles is 1. The number of ether oxygens (including phenoxy) is 1. The number of likely N-dealkylation sites (tertiary alicyclic amines) is 1. The predicted octanol–water partition coefficient (Wildman–Crippen LogP) is 4.69. The summed E-state index contributed by atoms with van der Waals surface area (Å²) < 4.78 is 49.1. The number of amides is 3. The lowest BCUT2D eigenvalue weighted by atomic mass is 9.74. The number of pyridine rings is 1. The Morgan fingerprint density at radius 1 is 1.14 bits per heavy atom. The maximum Gasteiger partial charge on any atom is 0.416 e. The number of hydrogen-bond donors (Lipinski definition) is 2. The monoisotopic (exact) mass is 817 g/mol. The lowest BCUT2D eigenvalue weighted by molar-refractivity contribution is -0.140. The van der Waals surface area contributed by atoms with Crippen molar-refractivity contribution in [2.75, 3.05) is 31.5 Å². The van der Waals surface area contributed by atoms with E-state index in [0.717, 1.165) is 23.1 Å². The van der Waals surface area contributed by atoms with Crippen LogP contribution in [0.5, 0.6) is 5.75 Å². The quantitative estimate of drug-likeness (QED) is 0.276. The fourth-order valence-corrected chi connectivity index (χ4v) is 9.48. The number of aromatic hydroxyl groups is 1. The average Bonchev–Trinajstić information content (AvgIpc) is 3.44. The van der Waals surface area contributed by atoms with Crippen molar-refractivity contribution in [1.29, 1.82) is 5.26 Å². The van der Waals surface area contributed by atoms with Crippen molar-refractivity contribution in [1.82, 2.24) is 33.9 Å². The minimum absolute atomic E-state index is 0.0225. The number of carbonyl (C=O) groups is 3. The largest absolute Gasteiger partial charge is 0.505 e. The van der Waals surface area contributed by atoms with Crippen LogP contribution in [0.3, 0.4) is 0 Å². The van der Waals surface area contributed by atoms with E-state index in [9.17, 15) is 42.7 Å². The summed E-state index contributed by atoms with van der Waals surface area (Å²) in [4.78, 5) is 67.1. The van der Waals surface area contributed by atoms with Crippen LogP contribution in [0.15, 0.2) is 47.4 Å². The molecule has 4 atom stereocenters. The smallest absolute Gasteiger partial charge is 0.416 e. The molecule has 0 radical (unpaired) electrons. The molecule has 1 aromatic carbocycles. The zero-order valence-corrected chi connectivity index (χ0v) is 31.7. The summed E-state index contributed by atoms with van der Waals surface area (Å²) in [5, 5.41) is 26.5. The summed E-state index contributed by atoms with van der Waals surface area (Å²) in [6.07, 6.45) is -0.0744. The highest BCUT2D eigenvalue weighted by Crippen LogP contribution is 2.71. The highest BCUT2D eigenvalue weighted by atomic mass is 35.5. The lowest BCUT2D eigenvalue weighted by Gasteiger charge is -2.39. The minimum atomic E-state index is -4.64. The molecule has 58 heavy (non-hydrogen) atoms. The van der Waals surface area contributed by atoms with Crippen molar-refractivity contribution in [3.05, 3.63) is 86.3 Å². The van der Waals surface area contributed by atoms with Crippen LogP contribution in [0.4, 0.5) is 18.9 Å². The molecule has 15 nitrogen and oxygen atoms in total. The van der Waals surface area contributed by atoms with Gasteiger partial charge in [-0.15, -0.1) is 5.10 Å². The molecule has 300 valence electrons.